The summed E-state index contributed by atoms with van der Waals surface area (Å²) in [7, 11) is -5.81. The van der Waals surface area contributed by atoms with E-state index >= 15 is 0 Å². The van der Waals surface area contributed by atoms with Crippen LogP contribution in [0.1, 0.15) is 0 Å². The Kier molecular flexibility index (Phi) is 3.40. The van der Waals surface area contributed by atoms with Crippen LogP contribution in [0.3, 0.4) is 0 Å². The van der Waals surface area contributed by atoms with Crippen molar-refractivity contribution in [1.29, 1.82) is 10.1 Å². The summed E-state index contributed by atoms with van der Waals surface area (Å²) in [5.74, 6) is 0. The van der Waals surface area contributed by atoms with Crippen molar-refractivity contribution in [1.82, 2.24) is 0 Å². The molecule has 60 valence electrons. The molecule has 7 nitrogen and oxygen atoms in total. The zero-order valence-corrected chi connectivity index (χ0v) is 7.12. The molecule has 0 radical (unpaired) electrons. The molecule has 4 N–H and O–H groups in total. The molecule has 0 amide bonds. The standard InChI is InChI=1S/C2H4N2O5Si2/c3-10(1(5)6)9-11(4)2(7)8/h3-4H,(H,5,6)(H,7,8). The molecule has 0 aliphatic heterocycles. The van der Waals surface area contributed by atoms with Crippen LogP contribution in [0.5, 0.6) is 0 Å². The summed E-state index contributed by atoms with van der Waals surface area (Å²) in [6.45, 7) is 0. The van der Waals surface area contributed by atoms with E-state index in [-0.39, 0.29) is 0 Å². The average Bonchev–Trinajstić information content (AvgIpc) is 1.87. The first-order valence-corrected chi connectivity index (χ1v) is 5.08. The Morgan fingerprint density at radius 3 is 1.55 bits per heavy atom. The number of hydrogen-bond donors (Lipinski definition) is 4. The molecule has 0 aromatic heterocycles. The maximum absolute atomic E-state index is 9.93. The van der Waals surface area contributed by atoms with Crippen LogP contribution in [0.25, 0.3) is 0 Å². The van der Waals surface area contributed by atoms with Gasteiger partial charge in [0.1, 0.15) is 0 Å². The van der Waals surface area contributed by atoms with Gasteiger partial charge < -0.3 is 24.4 Å². The molecule has 0 unspecified atom stereocenters. The number of rotatable bonds is 4. The predicted molar refractivity (Wildman–Crippen MR) is 34.1 cm³/mol. The highest BCUT2D eigenvalue weighted by molar-refractivity contribution is 6.84. The fourth-order valence-corrected chi connectivity index (χ4v) is 1.70. The van der Waals surface area contributed by atoms with Crippen LogP contribution >= 0.6 is 0 Å². The SMILES string of the molecule is N=[Si](O[Si](=N)C(=O)O)C(=O)O. The Bertz CT molecular complexity index is 213. The van der Waals surface area contributed by atoms with E-state index in [9.17, 15) is 9.59 Å². The minimum absolute atomic E-state index is 1.49. The monoisotopic (exact) mass is 192 g/mol. The van der Waals surface area contributed by atoms with Crippen molar-refractivity contribution in [3.8, 4) is 0 Å². The summed E-state index contributed by atoms with van der Waals surface area (Å²) < 4.78 is 4.11. The van der Waals surface area contributed by atoms with Gasteiger partial charge >= 0.3 is 28.9 Å². The second-order valence-corrected chi connectivity index (χ2v) is 4.36. The predicted octanol–water partition coefficient (Wildman–Crippen LogP) is 0.194. The van der Waals surface area contributed by atoms with Gasteiger partial charge in [-0.05, 0) is 0 Å². The van der Waals surface area contributed by atoms with Crippen molar-refractivity contribution in [3.63, 3.8) is 0 Å². The molecule has 0 spiro atoms. The van der Waals surface area contributed by atoms with Crippen LogP contribution in [0.4, 0.5) is 9.59 Å². The topological polar surface area (TPSA) is 132 Å². The van der Waals surface area contributed by atoms with Gasteiger partial charge in [0, 0.05) is 0 Å². The van der Waals surface area contributed by atoms with Crippen molar-refractivity contribution in [3.05, 3.63) is 0 Å². The van der Waals surface area contributed by atoms with Crippen molar-refractivity contribution < 1.29 is 23.9 Å². The first kappa shape index (κ1) is 9.77. The molecule has 0 rings (SSSR count). The molecule has 11 heavy (non-hydrogen) atoms. The van der Waals surface area contributed by atoms with Crippen LogP contribution in [0.15, 0.2) is 0 Å². The van der Waals surface area contributed by atoms with Crippen LogP contribution < -0.4 is 0 Å². The smallest absolute Gasteiger partial charge is 0.470 e. The lowest BCUT2D eigenvalue weighted by Crippen LogP contribution is -2.27. The molecular formula is C2H4N2O5Si2. The third-order valence-electron chi connectivity index (χ3n) is 0.593. The largest absolute Gasteiger partial charge is 0.540 e. The molecule has 9 heteroatoms. The molecule has 0 aliphatic carbocycles. The molecule has 0 fully saturated rings. The molecule has 0 saturated carbocycles. The van der Waals surface area contributed by atoms with Crippen molar-refractivity contribution in [2.75, 3.05) is 0 Å². The quantitative estimate of drug-likeness (QED) is 0.472. The van der Waals surface area contributed by atoms with Gasteiger partial charge in [0.15, 0.2) is 0 Å². The van der Waals surface area contributed by atoms with Crippen molar-refractivity contribution in [2.45, 2.75) is 0 Å². The van der Waals surface area contributed by atoms with Gasteiger partial charge in [-0.1, -0.05) is 0 Å². The zero-order chi connectivity index (χ0) is 9.02. The summed E-state index contributed by atoms with van der Waals surface area (Å²) in [5, 5.41) is 29.5. The van der Waals surface area contributed by atoms with Crippen molar-refractivity contribution in [2.24, 2.45) is 0 Å². The maximum Gasteiger partial charge on any atom is 0.470 e. The molecule has 0 heterocycles. The highest BCUT2D eigenvalue weighted by atomic mass is 28.3. The van der Waals surface area contributed by atoms with Gasteiger partial charge in [-0.15, -0.1) is 0 Å². The van der Waals surface area contributed by atoms with Gasteiger partial charge in [-0.2, -0.15) is 0 Å². The second kappa shape index (κ2) is 3.82. The zero-order valence-electron chi connectivity index (χ0n) is 5.12. The third kappa shape index (κ3) is 3.47. The Hall–Kier alpha value is -1.23. The Morgan fingerprint density at radius 2 is 1.36 bits per heavy atom. The first-order valence-electron chi connectivity index (χ1n) is 2.26. The lowest BCUT2D eigenvalue weighted by atomic mass is 11.6. The highest BCUT2D eigenvalue weighted by Crippen LogP contribution is 1.81. The third-order valence-corrected chi connectivity index (χ3v) is 3.00. The van der Waals surface area contributed by atoms with Gasteiger partial charge in [0.25, 0.3) is 0 Å². The minimum atomic E-state index is -2.91. The van der Waals surface area contributed by atoms with E-state index in [0.29, 0.717) is 0 Å². The summed E-state index contributed by atoms with van der Waals surface area (Å²) in [4.78, 5) is 19.9. The van der Waals surface area contributed by atoms with E-state index in [1.807, 2.05) is 0 Å². The Balaban J connectivity index is 4.07. The maximum atomic E-state index is 9.93. The molecule has 0 bridgehead atoms. The summed E-state index contributed by atoms with van der Waals surface area (Å²) in [6, 6.07) is 0. The van der Waals surface area contributed by atoms with Crippen LogP contribution in [0.2, 0.25) is 0 Å². The van der Waals surface area contributed by atoms with E-state index in [0.717, 1.165) is 0 Å². The van der Waals surface area contributed by atoms with Gasteiger partial charge in [0.2, 0.25) is 0 Å². The lowest BCUT2D eigenvalue weighted by Gasteiger charge is -1.97. The van der Waals surface area contributed by atoms with E-state index in [1.165, 1.54) is 0 Å². The molecule has 0 aromatic rings. The number of nitrogens with one attached hydrogen (secondary N) is 2. The van der Waals surface area contributed by atoms with Crippen molar-refractivity contribution >= 4 is 28.9 Å². The number of carbonyl (C=O) groups is 2. The van der Waals surface area contributed by atoms with E-state index in [4.69, 9.17) is 20.3 Å². The average molecular weight is 192 g/mol. The number of carboxylic acid groups (broad SMARTS) is 2. The van der Waals surface area contributed by atoms with E-state index < -0.39 is 28.9 Å². The minimum Gasteiger partial charge on any atom is -0.540 e. The van der Waals surface area contributed by atoms with Crippen LogP contribution in [0, 0.1) is 10.1 Å². The summed E-state index contributed by atoms with van der Waals surface area (Å²) in [5.41, 5.74) is -2.99. The number of hydrogen-bond acceptors (Lipinski definition) is 5. The normalized spacial score (nSPS) is 8.36. The van der Waals surface area contributed by atoms with Gasteiger partial charge in [-0.3, -0.25) is 0 Å². The fraction of sp³-hybridized carbons (Fsp3) is 0. The molecule has 0 atom stereocenters. The van der Waals surface area contributed by atoms with Crippen LogP contribution in [-0.2, 0) is 4.12 Å². The summed E-state index contributed by atoms with van der Waals surface area (Å²) in [6.07, 6.45) is 0. The second-order valence-electron chi connectivity index (χ2n) is 1.37. The lowest BCUT2D eigenvalue weighted by molar-refractivity contribution is 0.213. The van der Waals surface area contributed by atoms with Gasteiger partial charge in [-0.25, -0.2) is 9.59 Å². The fourth-order valence-electron chi connectivity index (χ4n) is 0.189. The molecule has 0 aliphatic rings. The highest BCUT2D eigenvalue weighted by Gasteiger charge is 2.20. The molecule has 0 saturated heterocycles. The van der Waals surface area contributed by atoms with E-state index in [2.05, 4.69) is 4.12 Å². The molecular weight excluding hydrogens is 188 g/mol. The molecule has 0 aromatic carbocycles. The Labute approximate surface area is 63.7 Å². The van der Waals surface area contributed by atoms with Gasteiger partial charge in [0.05, 0.1) is 0 Å². The first-order chi connectivity index (χ1) is 4.95. The van der Waals surface area contributed by atoms with E-state index in [1.54, 1.807) is 0 Å². The Morgan fingerprint density at radius 1 is 1.09 bits per heavy atom. The summed E-state index contributed by atoms with van der Waals surface area (Å²) >= 11 is 0. The van der Waals surface area contributed by atoms with Crippen LogP contribution in [-0.4, -0.2) is 39.1 Å².